The first-order chi connectivity index (χ1) is 10.6. The molecule has 0 aromatic heterocycles. The smallest absolute Gasteiger partial charge is 0.411 e. The molecule has 1 aliphatic heterocycles. The fourth-order valence-corrected chi connectivity index (χ4v) is 2.40. The highest BCUT2D eigenvalue weighted by Crippen LogP contribution is 2.17. The van der Waals surface area contributed by atoms with E-state index in [2.05, 4.69) is 0 Å². The number of rotatable bonds is 3. The number of hydrogen-bond acceptors (Lipinski definition) is 4. The third-order valence-corrected chi connectivity index (χ3v) is 3.60. The van der Waals surface area contributed by atoms with Crippen molar-refractivity contribution >= 4 is 18.1 Å². The maximum absolute atomic E-state index is 12.4. The Labute approximate surface area is 137 Å². The molecule has 1 saturated heterocycles. The van der Waals surface area contributed by atoms with Crippen LogP contribution in [0.2, 0.25) is 0 Å². The first-order valence-electron chi connectivity index (χ1n) is 7.87. The highest BCUT2D eigenvalue weighted by molar-refractivity contribution is 5.82. The molecule has 1 heterocycles. The molecule has 8 nitrogen and oxygen atoms in total. The number of carboxylic acid groups (broad SMARTS) is 1. The summed E-state index contributed by atoms with van der Waals surface area (Å²) in [5.41, 5.74) is -0.700. The fourth-order valence-electron chi connectivity index (χ4n) is 2.40. The van der Waals surface area contributed by atoms with Crippen molar-refractivity contribution in [1.29, 1.82) is 0 Å². The maximum atomic E-state index is 12.4. The van der Waals surface area contributed by atoms with E-state index in [1.807, 2.05) is 13.8 Å². The van der Waals surface area contributed by atoms with E-state index in [1.54, 1.807) is 25.7 Å². The number of carbonyl (C=O) groups is 3. The van der Waals surface area contributed by atoms with E-state index in [9.17, 15) is 19.5 Å². The van der Waals surface area contributed by atoms with E-state index in [1.165, 1.54) is 9.80 Å². The van der Waals surface area contributed by atoms with Crippen molar-refractivity contribution in [2.45, 2.75) is 46.3 Å². The van der Waals surface area contributed by atoms with Gasteiger partial charge in [-0.2, -0.15) is 0 Å². The number of urea groups is 1. The van der Waals surface area contributed by atoms with Crippen LogP contribution in [0.3, 0.4) is 0 Å². The average molecular weight is 329 g/mol. The summed E-state index contributed by atoms with van der Waals surface area (Å²) < 4.78 is 5.25. The molecule has 1 atom stereocenters. The SMILES string of the molecule is CCN(CC)C(=O)N1CCN(C(=O)OC(C)(C)C)[C@H](C(=O)O)C1. The molecular weight excluding hydrogens is 302 g/mol. The summed E-state index contributed by atoms with van der Waals surface area (Å²) in [7, 11) is 0. The summed E-state index contributed by atoms with van der Waals surface area (Å²) in [5, 5.41) is 9.41. The Balaban J connectivity index is 2.84. The van der Waals surface area contributed by atoms with Gasteiger partial charge in [0.15, 0.2) is 6.04 Å². The van der Waals surface area contributed by atoms with Crippen LogP contribution in [0, 0.1) is 0 Å². The van der Waals surface area contributed by atoms with Crippen molar-refractivity contribution in [2.24, 2.45) is 0 Å². The first-order valence-corrected chi connectivity index (χ1v) is 7.87. The molecule has 0 aromatic rings. The maximum Gasteiger partial charge on any atom is 0.411 e. The lowest BCUT2D eigenvalue weighted by Crippen LogP contribution is -2.61. The highest BCUT2D eigenvalue weighted by atomic mass is 16.6. The van der Waals surface area contributed by atoms with E-state index in [-0.39, 0.29) is 19.1 Å². The van der Waals surface area contributed by atoms with Crippen molar-refractivity contribution in [1.82, 2.24) is 14.7 Å². The number of nitrogens with zero attached hydrogens (tertiary/aromatic N) is 3. The molecule has 0 aliphatic carbocycles. The predicted molar refractivity (Wildman–Crippen MR) is 84.3 cm³/mol. The Bertz CT molecular complexity index is 457. The molecule has 8 heteroatoms. The summed E-state index contributed by atoms with van der Waals surface area (Å²) in [6.07, 6.45) is -0.667. The minimum absolute atomic E-state index is 0.0378. The van der Waals surface area contributed by atoms with Crippen LogP contribution in [0.5, 0.6) is 0 Å². The summed E-state index contributed by atoms with van der Waals surface area (Å²) >= 11 is 0. The Morgan fingerprint density at radius 2 is 1.74 bits per heavy atom. The second-order valence-electron chi connectivity index (χ2n) is 6.43. The lowest BCUT2D eigenvalue weighted by Gasteiger charge is -2.41. The van der Waals surface area contributed by atoms with Crippen molar-refractivity contribution in [3.63, 3.8) is 0 Å². The molecule has 132 valence electrons. The monoisotopic (exact) mass is 329 g/mol. The molecule has 23 heavy (non-hydrogen) atoms. The van der Waals surface area contributed by atoms with E-state index in [4.69, 9.17) is 4.74 Å². The van der Waals surface area contributed by atoms with Crippen LogP contribution in [0.25, 0.3) is 0 Å². The van der Waals surface area contributed by atoms with Crippen LogP contribution in [0.15, 0.2) is 0 Å². The van der Waals surface area contributed by atoms with Crippen LogP contribution in [0.1, 0.15) is 34.6 Å². The van der Waals surface area contributed by atoms with Crippen molar-refractivity contribution in [2.75, 3.05) is 32.7 Å². The van der Waals surface area contributed by atoms with Crippen LogP contribution >= 0.6 is 0 Å². The number of carbonyl (C=O) groups excluding carboxylic acids is 2. The summed E-state index contributed by atoms with van der Waals surface area (Å²) in [4.78, 5) is 40.3. The van der Waals surface area contributed by atoms with Gasteiger partial charge in [-0.15, -0.1) is 0 Å². The average Bonchev–Trinajstić information content (AvgIpc) is 2.45. The van der Waals surface area contributed by atoms with Crippen LogP contribution in [-0.4, -0.2) is 82.3 Å². The lowest BCUT2D eigenvalue weighted by atomic mass is 10.1. The van der Waals surface area contributed by atoms with Gasteiger partial charge < -0.3 is 19.6 Å². The quantitative estimate of drug-likeness (QED) is 0.846. The molecular formula is C15H27N3O5. The fraction of sp³-hybridized carbons (Fsp3) is 0.800. The topological polar surface area (TPSA) is 90.4 Å². The number of carboxylic acids is 1. The van der Waals surface area contributed by atoms with Gasteiger partial charge in [-0.1, -0.05) is 0 Å². The van der Waals surface area contributed by atoms with Gasteiger partial charge in [0.05, 0.1) is 6.54 Å². The van der Waals surface area contributed by atoms with Gasteiger partial charge in [0.1, 0.15) is 5.60 Å². The van der Waals surface area contributed by atoms with Crippen molar-refractivity contribution in [3.05, 3.63) is 0 Å². The molecule has 0 unspecified atom stereocenters. The third-order valence-electron chi connectivity index (χ3n) is 3.60. The highest BCUT2D eigenvalue weighted by Gasteiger charge is 2.39. The zero-order chi connectivity index (χ0) is 17.8. The second kappa shape index (κ2) is 7.52. The Hall–Kier alpha value is -1.99. The Morgan fingerprint density at radius 3 is 2.17 bits per heavy atom. The molecule has 1 aliphatic rings. The molecule has 1 rings (SSSR count). The van der Waals surface area contributed by atoms with Gasteiger partial charge in [-0.05, 0) is 34.6 Å². The van der Waals surface area contributed by atoms with Gasteiger partial charge in [-0.3, -0.25) is 4.90 Å². The third kappa shape index (κ3) is 5.01. The van der Waals surface area contributed by atoms with Crippen molar-refractivity contribution < 1.29 is 24.2 Å². The van der Waals surface area contributed by atoms with Crippen LogP contribution < -0.4 is 0 Å². The minimum Gasteiger partial charge on any atom is -0.480 e. The first kappa shape index (κ1) is 19.1. The van der Waals surface area contributed by atoms with E-state index in [0.29, 0.717) is 19.6 Å². The predicted octanol–water partition coefficient (Wildman–Crippen LogP) is 1.45. The van der Waals surface area contributed by atoms with Crippen LogP contribution in [0.4, 0.5) is 9.59 Å². The van der Waals surface area contributed by atoms with Gasteiger partial charge in [0, 0.05) is 26.2 Å². The Morgan fingerprint density at radius 1 is 1.17 bits per heavy atom. The molecule has 0 aromatic carbocycles. The number of hydrogen-bond donors (Lipinski definition) is 1. The van der Waals surface area contributed by atoms with Gasteiger partial charge in [0.2, 0.25) is 0 Å². The molecule has 0 bridgehead atoms. The molecule has 0 radical (unpaired) electrons. The zero-order valence-electron chi connectivity index (χ0n) is 14.5. The summed E-state index contributed by atoms with van der Waals surface area (Å²) in [5.74, 6) is -1.15. The molecule has 3 amide bonds. The number of ether oxygens (including phenoxy) is 1. The van der Waals surface area contributed by atoms with E-state index >= 15 is 0 Å². The minimum atomic E-state index is -1.15. The molecule has 1 N–H and O–H groups in total. The van der Waals surface area contributed by atoms with Crippen LogP contribution in [-0.2, 0) is 9.53 Å². The zero-order valence-corrected chi connectivity index (χ0v) is 14.5. The second-order valence-corrected chi connectivity index (χ2v) is 6.43. The largest absolute Gasteiger partial charge is 0.480 e. The number of piperazine rings is 1. The summed E-state index contributed by atoms with van der Waals surface area (Å²) in [6.45, 7) is 10.4. The van der Waals surface area contributed by atoms with Gasteiger partial charge in [-0.25, -0.2) is 14.4 Å². The summed E-state index contributed by atoms with van der Waals surface area (Å²) in [6, 6.07) is -1.30. The molecule has 0 spiro atoms. The standard InChI is InChI=1S/C15H27N3O5/c1-6-16(7-2)13(21)17-8-9-18(11(10-17)12(19)20)14(22)23-15(3,4)5/h11H,6-10H2,1-5H3,(H,19,20)/t11-/m0/s1. The number of aliphatic carboxylic acids is 1. The van der Waals surface area contributed by atoms with Gasteiger partial charge >= 0.3 is 18.1 Å². The normalized spacial score (nSPS) is 18.6. The van der Waals surface area contributed by atoms with Crippen molar-refractivity contribution in [3.8, 4) is 0 Å². The van der Waals surface area contributed by atoms with E-state index < -0.39 is 23.7 Å². The molecule has 0 saturated carbocycles. The lowest BCUT2D eigenvalue weighted by molar-refractivity contribution is -0.145. The molecule has 1 fully saturated rings. The Kier molecular flexibility index (Phi) is 6.23. The van der Waals surface area contributed by atoms with E-state index in [0.717, 1.165) is 0 Å². The number of amides is 3. The van der Waals surface area contributed by atoms with Gasteiger partial charge in [0.25, 0.3) is 0 Å².